The molecule has 0 spiro atoms. The standard InChI is InChI=1S/C27H25ClN2O3S/c1-34(32,33)30(26-15-12-22-4-2-3-5-24(22)18-26)19-21-6-10-23(11-7-21)27(31)29-17-16-20-8-13-25(28)14-9-20/h2-15,18H,16-17,19H2,1H3,(H,29,31). The number of benzene rings is 4. The molecule has 0 aliphatic heterocycles. The summed E-state index contributed by atoms with van der Waals surface area (Å²) in [6.07, 6.45) is 1.90. The monoisotopic (exact) mass is 492 g/mol. The fraction of sp³-hybridized carbons (Fsp3) is 0.148. The number of hydrogen-bond donors (Lipinski definition) is 1. The van der Waals surface area contributed by atoms with Gasteiger partial charge in [-0.25, -0.2) is 8.42 Å². The third-order valence-corrected chi connectivity index (χ3v) is 6.97. The van der Waals surface area contributed by atoms with Crippen LogP contribution in [0.15, 0.2) is 91.0 Å². The molecular weight excluding hydrogens is 468 g/mol. The van der Waals surface area contributed by atoms with E-state index in [0.29, 0.717) is 29.2 Å². The third-order valence-electron chi connectivity index (χ3n) is 5.58. The molecule has 4 rings (SSSR count). The lowest BCUT2D eigenvalue weighted by Gasteiger charge is -2.23. The molecule has 0 unspecified atom stereocenters. The van der Waals surface area contributed by atoms with Gasteiger partial charge in [-0.2, -0.15) is 0 Å². The average Bonchev–Trinajstić information content (AvgIpc) is 2.83. The molecule has 0 fully saturated rings. The van der Waals surface area contributed by atoms with E-state index in [1.54, 1.807) is 24.3 Å². The molecule has 0 radical (unpaired) electrons. The zero-order chi connectivity index (χ0) is 24.1. The SMILES string of the molecule is CS(=O)(=O)N(Cc1ccc(C(=O)NCCc2ccc(Cl)cc2)cc1)c1ccc2ccccc2c1. The van der Waals surface area contributed by atoms with Gasteiger partial charge in [-0.3, -0.25) is 9.10 Å². The quantitative estimate of drug-likeness (QED) is 0.356. The Bertz CT molecular complexity index is 1400. The molecule has 0 saturated carbocycles. The Morgan fingerprint density at radius 3 is 2.18 bits per heavy atom. The Hall–Kier alpha value is -3.35. The summed E-state index contributed by atoms with van der Waals surface area (Å²) in [4.78, 5) is 12.5. The number of nitrogens with zero attached hydrogens (tertiary/aromatic N) is 1. The van der Waals surface area contributed by atoms with E-state index in [4.69, 9.17) is 11.6 Å². The number of rotatable bonds is 8. The van der Waals surface area contributed by atoms with Crippen LogP contribution in [0.3, 0.4) is 0 Å². The molecule has 4 aromatic rings. The van der Waals surface area contributed by atoms with Gasteiger partial charge >= 0.3 is 0 Å². The number of anilines is 1. The molecule has 7 heteroatoms. The van der Waals surface area contributed by atoms with Gasteiger partial charge in [0.25, 0.3) is 5.91 Å². The van der Waals surface area contributed by atoms with Crippen LogP contribution < -0.4 is 9.62 Å². The smallest absolute Gasteiger partial charge is 0.251 e. The molecule has 0 aliphatic carbocycles. The van der Waals surface area contributed by atoms with Gasteiger partial charge in [0, 0.05) is 17.1 Å². The van der Waals surface area contributed by atoms with Crippen LogP contribution in [0.25, 0.3) is 10.8 Å². The van der Waals surface area contributed by atoms with Crippen LogP contribution >= 0.6 is 11.6 Å². The van der Waals surface area contributed by atoms with Crippen LogP contribution in [-0.2, 0) is 23.0 Å². The van der Waals surface area contributed by atoms with Gasteiger partial charge in [-0.15, -0.1) is 0 Å². The number of amides is 1. The van der Waals surface area contributed by atoms with Crippen LogP contribution in [0.2, 0.25) is 5.02 Å². The fourth-order valence-corrected chi connectivity index (χ4v) is 4.74. The molecule has 174 valence electrons. The van der Waals surface area contributed by atoms with Crippen LogP contribution in [0, 0.1) is 0 Å². The second kappa shape index (κ2) is 10.3. The van der Waals surface area contributed by atoms with Crippen molar-refractivity contribution in [3.05, 3.63) is 113 Å². The summed E-state index contributed by atoms with van der Waals surface area (Å²) >= 11 is 5.90. The summed E-state index contributed by atoms with van der Waals surface area (Å²) in [5.41, 5.74) is 3.01. The lowest BCUT2D eigenvalue weighted by atomic mass is 10.1. The second-order valence-corrected chi connectivity index (χ2v) is 10.5. The van der Waals surface area contributed by atoms with E-state index in [9.17, 15) is 13.2 Å². The second-order valence-electron chi connectivity index (χ2n) is 8.13. The number of nitrogens with one attached hydrogen (secondary N) is 1. The van der Waals surface area contributed by atoms with Crippen molar-refractivity contribution in [1.82, 2.24) is 5.32 Å². The van der Waals surface area contributed by atoms with Gasteiger partial charge in [-0.05, 0) is 64.7 Å². The van der Waals surface area contributed by atoms with E-state index in [1.807, 2.05) is 66.7 Å². The summed E-state index contributed by atoms with van der Waals surface area (Å²) in [5, 5.41) is 5.61. The molecule has 34 heavy (non-hydrogen) atoms. The number of carbonyl (C=O) groups excluding carboxylic acids is 1. The maximum atomic E-state index is 12.6. The first-order chi connectivity index (χ1) is 16.3. The van der Waals surface area contributed by atoms with Gasteiger partial charge in [0.2, 0.25) is 10.0 Å². The van der Waals surface area contributed by atoms with E-state index in [0.717, 1.165) is 21.9 Å². The number of fused-ring (bicyclic) bond motifs is 1. The van der Waals surface area contributed by atoms with Crippen molar-refractivity contribution in [1.29, 1.82) is 0 Å². The Morgan fingerprint density at radius 2 is 1.50 bits per heavy atom. The molecule has 4 aromatic carbocycles. The zero-order valence-corrected chi connectivity index (χ0v) is 20.3. The average molecular weight is 493 g/mol. The first-order valence-corrected chi connectivity index (χ1v) is 13.1. The minimum Gasteiger partial charge on any atom is -0.352 e. The van der Waals surface area contributed by atoms with E-state index < -0.39 is 10.0 Å². The Balaban J connectivity index is 1.43. The number of halogens is 1. The molecule has 0 aromatic heterocycles. The van der Waals surface area contributed by atoms with Crippen molar-refractivity contribution >= 4 is 44.0 Å². The molecule has 0 heterocycles. The highest BCUT2D eigenvalue weighted by molar-refractivity contribution is 7.92. The van der Waals surface area contributed by atoms with Crippen LogP contribution in [0.4, 0.5) is 5.69 Å². The summed E-state index contributed by atoms with van der Waals surface area (Å²) in [6, 6.07) is 28.0. The van der Waals surface area contributed by atoms with Crippen molar-refractivity contribution < 1.29 is 13.2 Å². The van der Waals surface area contributed by atoms with Gasteiger partial charge in [0.15, 0.2) is 0 Å². The Kier molecular flexibility index (Phi) is 7.20. The van der Waals surface area contributed by atoms with Crippen LogP contribution in [-0.4, -0.2) is 27.1 Å². The van der Waals surface area contributed by atoms with Crippen molar-refractivity contribution in [2.45, 2.75) is 13.0 Å². The van der Waals surface area contributed by atoms with Gasteiger partial charge in [-0.1, -0.05) is 66.2 Å². The van der Waals surface area contributed by atoms with E-state index in [2.05, 4.69) is 5.32 Å². The third kappa shape index (κ3) is 5.95. The lowest BCUT2D eigenvalue weighted by molar-refractivity contribution is 0.0954. The maximum absolute atomic E-state index is 12.6. The predicted octanol–water partition coefficient (Wildman–Crippen LogP) is 5.43. The Labute approximate surface area is 205 Å². The lowest BCUT2D eigenvalue weighted by Crippen LogP contribution is -2.29. The summed E-state index contributed by atoms with van der Waals surface area (Å²) in [6.45, 7) is 0.682. The summed E-state index contributed by atoms with van der Waals surface area (Å²) in [5.74, 6) is -0.171. The summed E-state index contributed by atoms with van der Waals surface area (Å²) in [7, 11) is -3.51. The molecule has 0 aliphatic rings. The van der Waals surface area contributed by atoms with E-state index in [1.165, 1.54) is 10.6 Å². The molecular formula is C27H25ClN2O3S. The van der Waals surface area contributed by atoms with Crippen molar-refractivity contribution in [2.24, 2.45) is 0 Å². The maximum Gasteiger partial charge on any atom is 0.251 e. The highest BCUT2D eigenvalue weighted by Crippen LogP contribution is 2.25. The molecule has 0 bridgehead atoms. The molecule has 5 nitrogen and oxygen atoms in total. The van der Waals surface area contributed by atoms with Crippen molar-refractivity contribution in [3.63, 3.8) is 0 Å². The molecule has 0 atom stereocenters. The zero-order valence-electron chi connectivity index (χ0n) is 18.7. The Morgan fingerprint density at radius 1 is 0.853 bits per heavy atom. The topological polar surface area (TPSA) is 66.5 Å². The van der Waals surface area contributed by atoms with Gasteiger partial charge in [0.05, 0.1) is 18.5 Å². The van der Waals surface area contributed by atoms with Crippen LogP contribution in [0.5, 0.6) is 0 Å². The minimum absolute atomic E-state index is 0.171. The first kappa shape index (κ1) is 23.8. The molecule has 1 amide bonds. The molecule has 0 saturated heterocycles. The van der Waals surface area contributed by atoms with Gasteiger partial charge < -0.3 is 5.32 Å². The van der Waals surface area contributed by atoms with E-state index >= 15 is 0 Å². The van der Waals surface area contributed by atoms with E-state index in [-0.39, 0.29) is 12.5 Å². The van der Waals surface area contributed by atoms with Crippen molar-refractivity contribution in [2.75, 3.05) is 17.1 Å². The number of hydrogen-bond acceptors (Lipinski definition) is 3. The molecule has 1 N–H and O–H groups in total. The largest absolute Gasteiger partial charge is 0.352 e. The van der Waals surface area contributed by atoms with Crippen molar-refractivity contribution in [3.8, 4) is 0 Å². The number of sulfonamides is 1. The minimum atomic E-state index is -3.51. The normalized spacial score (nSPS) is 11.4. The fourth-order valence-electron chi connectivity index (χ4n) is 3.73. The summed E-state index contributed by atoms with van der Waals surface area (Å²) < 4.78 is 26.5. The van der Waals surface area contributed by atoms with Crippen LogP contribution in [0.1, 0.15) is 21.5 Å². The first-order valence-electron chi connectivity index (χ1n) is 10.9. The van der Waals surface area contributed by atoms with Gasteiger partial charge in [0.1, 0.15) is 0 Å². The predicted molar refractivity (Wildman–Crippen MR) is 139 cm³/mol. The highest BCUT2D eigenvalue weighted by Gasteiger charge is 2.18. The highest BCUT2D eigenvalue weighted by atomic mass is 35.5. The number of carbonyl (C=O) groups is 1.